The Kier molecular flexibility index (Phi) is 3.77. The first kappa shape index (κ1) is 13.1. The number of rotatable bonds is 5. The van der Waals surface area contributed by atoms with Crippen LogP contribution in [0.3, 0.4) is 0 Å². The van der Waals surface area contributed by atoms with Crippen LogP contribution in [0.2, 0.25) is 0 Å². The Morgan fingerprint density at radius 3 is 2.76 bits per heavy atom. The molecule has 21 heavy (non-hydrogen) atoms. The minimum Gasteiger partial charge on any atom is -0.393 e. The third-order valence-electron chi connectivity index (χ3n) is 3.16. The minimum absolute atomic E-state index is 0.517. The molecule has 0 radical (unpaired) electrons. The van der Waals surface area contributed by atoms with Crippen LogP contribution in [0, 0.1) is 0 Å². The van der Waals surface area contributed by atoms with E-state index in [1.807, 2.05) is 18.2 Å². The lowest BCUT2D eigenvalue weighted by Crippen LogP contribution is -2.11. The lowest BCUT2D eigenvalue weighted by molar-refractivity contribution is 0.960. The third kappa shape index (κ3) is 3.00. The van der Waals surface area contributed by atoms with Crippen LogP contribution in [-0.2, 0) is 6.42 Å². The largest absolute Gasteiger partial charge is 0.393 e. The first-order chi connectivity index (χ1) is 10.3. The highest BCUT2D eigenvalue weighted by atomic mass is 15.1. The molecule has 6 heteroatoms. The van der Waals surface area contributed by atoms with Crippen molar-refractivity contribution in [2.24, 2.45) is 0 Å². The fraction of sp³-hybridized carbons (Fsp3) is 0.133. The topological polar surface area (TPSA) is 81.6 Å². The van der Waals surface area contributed by atoms with Crippen molar-refractivity contribution in [1.29, 1.82) is 0 Å². The van der Waals surface area contributed by atoms with Crippen LogP contribution >= 0.6 is 0 Å². The molecular formula is C15H16N6. The molecule has 0 unspecified atom stereocenters. The molecule has 0 aliphatic carbocycles. The highest BCUT2D eigenvalue weighted by Gasteiger charge is 2.08. The van der Waals surface area contributed by atoms with Crippen LogP contribution in [0.5, 0.6) is 0 Å². The van der Waals surface area contributed by atoms with Gasteiger partial charge >= 0.3 is 0 Å². The summed E-state index contributed by atoms with van der Waals surface area (Å²) in [7, 11) is 0. The van der Waals surface area contributed by atoms with E-state index < -0.39 is 0 Å². The van der Waals surface area contributed by atoms with Crippen molar-refractivity contribution in [2.75, 3.05) is 17.6 Å². The summed E-state index contributed by atoms with van der Waals surface area (Å²) >= 11 is 0. The van der Waals surface area contributed by atoms with E-state index in [1.165, 1.54) is 11.9 Å². The van der Waals surface area contributed by atoms with Crippen LogP contribution in [-0.4, -0.2) is 26.1 Å². The lowest BCUT2D eigenvalue weighted by atomic mass is 10.1. The quantitative estimate of drug-likeness (QED) is 0.746. The Labute approximate surface area is 122 Å². The Bertz CT molecular complexity index is 693. The summed E-state index contributed by atoms with van der Waals surface area (Å²) in [4.78, 5) is 12.4. The van der Waals surface area contributed by atoms with Crippen LogP contribution < -0.4 is 11.1 Å². The number of hydrogen-bond donors (Lipinski definition) is 2. The highest BCUT2D eigenvalue weighted by molar-refractivity contribution is 5.69. The Morgan fingerprint density at radius 2 is 2.00 bits per heavy atom. The first-order valence-electron chi connectivity index (χ1n) is 6.71. The molecular weight excluding hydrogens is 264 g/mol. The second-order valence-electron chi connectivity index (χ2n) is 4.59. The number of benzene rings is 1. The number of imidazole rings is 1. The third-order valence-corrected chi connectivity index (χ3v) is 3.16. The first-order valence-corrected chi connectivity index (χ1v) is 6.71. The fourth-order valence-corrected chi connectivity index (χ4v) is 2.09. The molecule has 3 aromatic rings. The summed E-state index contributed by atoms with van der Waals surface area (Å²) in [5.74, 6) is 1.27. The molecule has 2 heterocycles. The number of anilines is 2. The number of nitrogens with zero attached hydrogens (tertiary/aromatic N) is 4. The maximum Gasteiger partial charge on any atom is 0.166 e. The van der Waals surface area contributed by atoms with E-state index in [9.17, 15) is 0 Å². The van der Waals surface area contributed by atoms with Gasteiger partial charge in [0.15, 0.2) is 11.6 Å². The average molecular weight is 280 g/mol. The van der Waals surface area contributed by atoms with Gasteiger partial charge < -0.3 is 11.1 Å². The molecule has 0 fully saturated rings. The normalized spacial score (nSPS) is 10.5. The standard InChI is InChI=1S/C15H16N6/c16-13-14(18-7-6-12-4-2-1-3-5-12)19-10-20-15(13)21-9-8-17-11-21/h1-5,8-11H,6-7,16H2,(H,18,19,20). The Balaban J connectivity index is 1.70. The van der Waals surface area contributed by atoms with Crippen LogP contribution in [0.25, 0.3) is 5.82 Å². The van der Waals surface area contributed by atoms with Crippen molar-refractivity contribution in [3.8, 4) is 5.82 Å². The Hall–Kier alpha value is -2.89. The molecule has 2 aromatic heterocycles. The molecule has 3 rings (SSSR count). The summed E-state index contributed by atoms with van der Waals surface area (Å²) in [5.41, 5.74) is 7.91. The van der Waals surface area contributed by atoms with E-state index in [2.05, 4.69) is 32.4 Å². The summed E-state index contributed by atoms with van der Waals surface area (Å²) in [6, 6.07) is 10.3. The van der Waals surface area contributed by atoms with Crippen LogP contribution in [0.4, 0.5) is 11.5 Å². The highest BCUT2D eigenvalue weighted by Crippen LogP contribution is 2.20. The molecule has 3 N–H and O–H groups in total. The number of nitrogen functional groups attached to an aromatic ring is 1. The second-order valence-corrected chi connectivity index (χ2v) is 4.59. The van der Waals surface area contributed by atoms with Crippen molar-refractivity contribution in [3.05, 3.63) is 60.9 Å². The molecule has 106 valence electrons. The van der Waals surface area contributed by atoms with E-state index in [0.717, 1.165) is 13.0 Å². The molecule has 0 atom stereocenters. The SMILES string of the molecule is Nc1c(NCCc2ccccc2)ncnc1-n1ccnc1. The lowest BCUT2D eigenvalue weighted by Gasteiger charge is -2.11. The van der Waals surface area contributed by atoms with Gasteiger partial charge in [0.25, 0.3) is 0 Å². The zero-order chi connectivity index (χ0) is 14.5. The van der Waals surface area contributed by atoms with E-state index >= 15 is 0 Å². The molecule has 0 spiro atoms. The van der Waals surface area contributed by atoms with Gasteiger partial charge in [0.2, 0.25) is 0 Å². The predicted octanol–water partition coefficient (Wildman–Crippen LogP) is 1.90. The van der Waals surface area contributed by atoms with Gasteiger partial charge in [-0.05, 0) is 12.0 Å². The van der Waals surface area contributed by atoms with Crippen molar-refractivity contribution in [3.63, 3.8) is 0 Å². The average Bonchev–Trinajstić information content (AvgIpc) is 3.04. The fourth-order valence-electron chi connectivity index (χ4n) is 2.09. The van der Waals surface area contributed by atoms with Crippen molar-refractivity contribution in [1.82, 2.24) is 19.5 Å². The molecule has 0 aliphatic rings. The van der Waals surface area contributed by atoms with Gasteiger partial charge in [-0.3, -0.25) is 4.57 Å². The van der Waals surface area contributed by atoms with Crippen molar-refractivity contribution in [2.45, 2.75) is 6.42 Å². The molecule has 6 nitrogen and oxygen atoms in total. The smallest absolute Gasteiger partial charge is 0.166 e. The minimum atomic E-state index is 0.517. The number of hydrogen-bond acceptors (Lipinski definition) is 5. The van der Waals surface area contributed by atoms with Crippen molar-refractivity contribution >= 4 is 11.5 Å². The number of nitrogens with one attached hydrogen (secondary N) is 1. The van der Waals surface area contributed by atoms with Crippen LogP contribution in [0.1, 0.15) is 5.56 Å². The molecule has 0 aliphatic heterocycles. The van der Waals surface area contributed by atoms with E-state index in [-0.39, 0.29) is 0 Å². The van der Waals surface area contributed by atoms with Gasteiger partial charge in [-0.1, -0.05) is 30.3 Å². The van der Waals surface area contributed by atoms with Gasteiger partial charge in [-0.2, -0.15) is 0 Å². The molecule has 1 aromatic carbocycles. The monoisotopic (exact) mass is 280 g/mol. The van der Waals surface area contributed by atoms with Gasteiger partial charge in [0, 0.05) is 18.9 Å². The Morgan fingerprint density at radius 1 is 1.14 bits per heavy atom. The van der Waals surface area contributed by atoms with E-state index in [0.29, 0.717) is 17.3 Å². The zero-order valence-electron chi connectivity index (χ0n) is 11.5. The van der Waals surface area contributed by atoms with Gasteiger partial charge in [0.1, 0.15) is 18.3 Å². The summed E-state index contributed by atoms with van der Waals surface area (Å²) in [5, 5.41) is 3.25. The zero-order valence-corrected chi connectivity index (χ0v) is 11.5. The predicted molar refractivity (Wildman–Crippen MR) is 82.2 cm³/mol. The maximum absolute atomic E-state index is 6.12. The molecule has 0 bridgehead atoms. The molecule has 0 saturated heterocycles. The number of nitrogens with two attached hydrogens (primary N) is 1. The van der Waals surface area contributed by atoms with E-state index in [1.54, 1.807) is 23.3 Å². The van der Waals surface area contributed by atoms with Gasteiger partial charge in [0.05, 0.1) is 0 Å². The summed E-state index contributed by atoms with van der Waals surface area (Å²) in [6.07, 6.45) is 7.55. The maximum atomic E-state index is 6.12. The van der Waals surface area contributed by atoms with Gasteiger partial charge in [-0.25, -0.2) is 15.0 Å². The van der Waals surface area contributed by atoms with Gasteiger partial charge in [-0.15, -0.1) is 0 Å². The summed E-state index contributed by atoms with van der Waals surface area (Å²) in [6.45, 7) is 0.759. The summed E-state index contributed by atoms with van der Waals surface area (Å²) < 4.78 is 1.76. The van der Waals surface area contributed by atoms with E-state index in [4.69, 9.17) is 5.73 Å². The second kappa shape index (κ2) is 6.04. The van der Waals surface area contributed by atoms with Crippen LogP contribution in [0.15, 0.2) is 55.4 Å². The van der Waals surface area contributed by atoms with Crippen molar-refractivity contribution < 1.29 is 0 Å². The molecule has 0 saturated carbocycles. The molecule has 0 amide bonds. The number of aromatic nitrogens is 4.